The summed E-state index contributed by atoms with van der Waals surface area (Å²) in [4.78, 5) is 6.07. The summed E-state index contributed by atoms with van der Waals surface area (Å²) in [7, 11) is 0. The molecule has 2 aromatic carbocycles. The number of imidazole rings is 1. The lowest BCUT2D eigenvalue weighted by molar-refractivity contribution is 0.0292. The van der Waals surface area contributed by atoms with Crippen LogP contribution in [0.1, 0.15) is 30.5 Å². The number of nitriles is 1. The van der Waals surface area contributed by atoms with E-state index in [0.29, 0.717) is 47.9 Å². The van der Waals surface area contributed by atoms with Crippen molar-refractivity contribution >= 4 is 0 Å². The zero-order chi connectivity index (χ0) is 24.1. The van der Waals surface area contributed by atoms with E-state index < -0.39 is 12.1 Å². The normalized spacial score (nSPS) is 15.5. The van der Waals surface area contributed by atoms with Gasteiger partial charge in [-0.1, -0.05) is 24.0 Å². The molecule has 0 spiro atoms. The smallest absolute Gasteiger partial charge is 0.138 e. The fourth-order valence-electron chi connectivity index (χ4n) is 3.84. The number of aliphatic hydroxyl groups is 2. The van der Waals surface area contributed by atoms with Gasteiger partial charge in [-0.2, -0.15) is 5.26 Å². The molecule has 0 bridgehead atoms. The van der Waals surface area contributed by atoms with Crippen LogP contribution in [0.3, 0.4) is 0 Å². The van der Waals surface area contributed by atoms with Crippen molar-refractivity contribution in [3.8, 4) is 34.8 Å². The molecule has 7 nitrogen and oxygen atoms in total. The average Bonchev–Trinajstić information content (AvgIpc) is 3.29. The topological polar surface area (TPSA) is 94.5 Å². The minimum atomic E-state index is -0.774. The number of aromatic nitrogens is 2. The van der Waals surface area contributed by atoms with E-state index in [1.807, 2.05) is 4.90 Å². The van der Waals surface area contributed by atoms with Gasteiger partial charge in [0.15, 0.2) is 0 Å². The SMILES string of the molecule is C[C@H](O)c1nccn1[C@@H](C#Cc1ccc(-c2ccc(OC3CN(CC#N)C3)cc2F)cc1)CO. The minimum Gasteiger partial charge on any atom is -0.488 e. The number of hydrogen-bond donors (Lipinski definition) is 2. The molecule has 1 aliphatic rings. The van der Waals surface area contributed by atoms with Crippen LogP contribution >= 0.6 is 0 Å². The van der Waals surface area contributed by atoms with Crippen LogP contribution in [0.15, 0.2) is 54.9 Å². The molecule has 1 fully saturated rings. The van der Waals surface area contributed by atoms with E-state index in [4.69, 9.17) is 10.00 Å². The molecule has 2 heterocycles. The summed E-state index contributed by atoms with van der Waals surface area (Å²) in [5, 5.41) is 28.3. The lowest BCUT2D eigenvalue weighted by Gasteiger charge is -2.37. The van der Waals surface area contributed by atoms with Gasteiger partial charge in [-0.25, -0.2) is 9.37 Å². The maximum Gasteiger partial charge on any atom is 0.138 e. The van der Waals surface area contributed by atoms with Crippen molar-refractivity contribution in [1.82, 2.24) is 14.5 Å². The summed E-state index contributed by atoms with van der Waals surface area (Å²) in [5.74, 6) is 6.55. The van der Waals surface area contributed by atoms with Crippen molar-refractivity contribution in [2.45, 2.75) is 25.2 Å². The molecule has 2 atom stereocenters. The van der Waals surface area contributed by atoms with E-state index in [-0.39, 0.29) is 18.5 Å². The molecule has 8 heteroatoms. The van der Waals surface area contributed by atoms with Crippen molar-refractivity contribution in [3.05, 3.63) is 72.1 Å². The van der Waals surface area contributed by atoms with Gasteiger partial charge in [0.25, 0.3) is 0 Å². The fourth-order valence-corrected chi connectivity index (χ4v) is 3.84. The molecule has 2 N–H and O–H groups in total. The second kappa shape index (κ2) is 10.5. The van der Waals surface area contributed by atoms with Crippen LogP contribution in [0, 0.1) is 29.0 Å². The number of nitrogens with zero attached hydrogens (tertiary/aromatic N) is 4. The van der Waals surface area contributed by atoms with Crippen molar-refractivity contribution in [2.24, 2.45) is 0 Å². The number of ether oxygens (including phenoxy) is 1. The molecule has 0 unspecified atom stereocenters. The minimum absolute atomic E-state index is 0.0294. The van der Waals surface area contributed by atoms with Gasteiger partial charge < -0.3 is 19.5 Å². The number of likely N-dealkylation sites (tertiary alicyclic amines) is 1. The van der Waals surface area contributed by atoms with E-state index in [1.165, 1.54) is 6.07 Å². The Labute approximate surface area is 197 Å². The molecule has 1 aliphatic heterocycles. The summed E-state index contributed by atoms with van der Waals surface area (Å²) >= 11 is 0. The van der Waals surface area contributed by atoms with Gasteiger partial charge in [0, 0.05) is 42.7 Å². The molecule has 1 aromatic heterocycles. The Balaban J connectivity index is 1.43. The Morgan fingerprint density at radius 3 is 2.65 bits per heavy atom. The Morgan fingerprint density at radius 1 is 1.24 bits per heavy atom. The quantitative estimate of drug-likeness (QED) is 0.416. The van der Waals surface area contributed by atoms with Gasteiger partial charge in [-0.3, -0.25) is 4.90 Å². The van der Waals surface area contributed by atoms with Crippen LogP contribution in [0.4, 0.5) is 4.39 Å². The Kier molecular flexibility index (Phi) is 7.24. The lowest BCUT2D eigenvalue weighted by Crippen LogP contribution is -2.53. The van der Waals surface area contributed by atoms with Crippen LogP contribution < -0.4 is 4.74 Å². The molecule has 174 valence electrons. The van der Waals surface area contributed by atoms with E-state index >= 15 is 0 Å². The maximum atomic E-state index is 14.7. The van der Waals surface area contributed by atoms with Crippen LogP contribution in [0.25, 0.3) is 11.1 Å². The molecule has 0 amide bonds. The fraction of sp³-hybridized carbons (Fsp3) is 0.308. The van der Waals surface area contributed by atoms with Crippen molar-refractivity contribution in [2.75, 3.05) is 26.2 Å². The van der Waals surface area contributed by atoms with Gasteiger partial charge in [0.05, 0.1) is 19.2 Å². The molecule has 0 saturated carbocycles. The first-order valence-electron chi connectivity index (χ1n) is 11.0. The maximum absolute atomic E-state index is 14.7. The third kappa shape index (κ3) is 5.27. The second-order valence-corrected chi connectivity index (χ2v) is 8.15. The molecule has 0 radical (unpaired) electrons. The standard InChI is InChI=1S/C26H25FN4O3/c1-18(33)26-29-11-13-31(26)21(17-32)7-4-19-2-5-20(6-3-19)24-9-8-22(14-25(24)27)34-23-15-30(16-23)12-10-28/h2-3,5-6,8-9,11,13-14,18,21,23,32-33H,12,15-17H2,1H3/t18-,21-/m0/s1. The molecular weight excluding hydrogens is 435 g/mol. The van der Waals surface area contributed by atoms with Crippen LogP contribution in [0.5, 0.6) is 5.75 Å². The van der Waals surface area contributed by atoms with Crippen LogP contribution in [-0.4, -0.2) is 57.0 Å². The predicted molar refractivity (Wildman–Crippen MR) is 124 cm³/mol. The third-order valence-corrected chi connectivity index (χ3v) is 5.62. The van der Waals surface area contributed by atoms with Crippen molar-refractivity contribution in [3.63, 3.8) is 0 Å². The highest BCUT2D eigenvalue weighted by Gasteiger charge is 2.28. The van der Waals surface area contributed by atoms with E-state index in [2.05, 4.69) is 22.9 Å². The molecular formula is C26H25FN4O3. The predicted octanol–water partition coefficient (Wildman–Crippen LogP) is 2.91. The van der Waals surface area contributed by atoms with Gasteiger partial charge in [-0.15, -0.1) is 0 Å². The monoisotopic (exact) mass is 460 g/mol. The van der Waals surface area contributed by atoms with Gasteiger partial charge in [0.1, 0.15) is 35.6 Å². The highest BCUT2D eigenvalue weighted by Crippen LogP contribution is 2.28. The van der Waals surface area contributed by atoms with Crippen molar-refractivity contribution in [1.29, 1.82) is 5.26 Å². The van der Waals surface area contributed by atoms with Crippen LogP contribution in [0.2, 0.25) is 0 Å². The molecule has 4 rings (SSSR count). The first kappa shape index (κ1) is 23.5. The Morgan fingerprint density at radius 2 is 2.00 bits per heavy atom. The van der Waals surface area contributed by atoms with E-state index in [1.54, 1.807) is 60.3 Å². The Hall–Kier alpha value is -3.69. The first-order valence-corrected chi connectivity index (χ1v) is 11.0. The molecule has 34 heavy (non-hydrogen) atoms. The average molecular weight is 461 g/mol. The molecule has 3 aromatic rings. The van der Waals surface area contributed by atoms with Gasteiger partial charge in [-0.05, 0) is 36.8 Å². The Bertz CT molecular complexity index is 1230. The molecule has 1 saturated heterocycles. The third-order valence-electron chi connectivity index (χ3n) is 5.62. The summed E-state index contributed by atoms with van der Waals surface area (Å²) in [5.41, 5.74) is 1.89. The first-order chi connectivity index (χ1) is 16.5. The van der Waals surface area contributed by atoms with Gasteiger partial charge >= 0.3 is 0 Å². The molecule has 0 aliphatic carbocycles. The highest BCUT2D eigenvalue weighted by atomic mass is 19.1. The largest absolute Gasteiger partial charge is 0.488 e. The summed E-state index contributed by atoms with van der Waals surface area (Å²) in [6.07, 6.45) is 2.42. The van der Waals surface area contributed by atoms with E-state index in [9.17, 15) is 14.6 Å². The van der Waals surface area contributed by atoms with E-state index in [0.717, 1.165) is 0 Å². The summed E-state index contributed by atoms with van der Waals surface area (Å²) in [6.45, 7) is 3.09. The number of halogens is 1. The number of aliphatic hydroxyl groups excluding tert-OH is 2. The highest BCUT2D eigenvalue weighted by molar-refractivity contribution is 5.66. The second-order valence-electron chi connectivity index (χ2n) is 8.15. The van der Waals surface area contributed by atoms with Crippen LogP contribution in [-0.2, 0) is 0 Å². The zero-order valence-corrected chi connectivity index (χ0v) is 18.7. The number of benzene rings is 2. The summed E-state index contributed by atoms with van der Waals surface area (Å²) in [6, 6.07) is 13.5. The van der Waals surface area contributed by atoms with Gasteiger partial charge in [0.2, 0.25) is 0 Å². The lowest BCUT2D eigenvalue weighted by atomic mass is 10.0. The number of rotatable bonds is 7. The van der Waals surface area contributed by atoms with Crippen molar-refractivity contribution < 1.29 is 19.3 Å². The summed E-state index contributed by atoms with van der Waals surface area (Å²) < 4.78 is 22.2. The number of hydrogen-bond acceptors (Lipinski definition) is 6. The zero-order valence-electron chi connectivity index (χ0n) is 18.7.